The smallest absolute Gasteiger partial charge is 0.195 e. The Morgan fingerprint density at radius 1 is 1.14 bits per heavy atom. The summed E-state index contributed by atoms with van der Waals surface area (Å²) in [5.74, 6) is 3.06. The van der Waals surface area contributed by atoms with Gasteiger partial charge >= 0.3 is 0 Å². The number of hydrogen-bond donors (Lipinski definition) is 3. The van der Waals surface area contributed by atoms with Crippen molar-refractivity contribution in [2.24, 2.45) is 4.99 Å². The van der Waals surface area contributed by atoms with E-state index in [1.54, 1.807) is 7.11 Å². The third-order valence-electron chi connectivity index (χ3n) is 4.13. The van der Waals surface area contributed by atoms with Gasteiger partial charge in [-0.05, 0) is 38.1 Å². The first-order chi connectivity index (χ1) is 13.7. The van der Waals surface area contributed by atoms with Crippen LogP contribution in [0.25, 0.3) is 11.0 Å². The highest BCUT2D eigenvalue weighted by atomic mass is 127. The van der Waals surface area contributed by atoms with Gasteiger partial charge in [-0.3, -0.25) is 4.99 Å². The van der Waals surface area contributed by atoms with Crippen LogP contribution in [-0.2, 0) is 6.42 Å². The van der Waals surface area contributed by atoms with Crippen LogP contribution in [0.2, 0.25) is 0 Å². The summed E-state index contributed by atoms with van der Waals surface area (Å²) in [6.07, 6.45) is 0.734. The predicted molar refractivity (Wildman–Crippen MR) is 129 cm³/mol. The maximum absolute atomic E-state index is 5.64. The predicted octanol–water partition coefficient (Wildman–Crippen LogP) is 4.21. The molecule has 7 nitrogen and oxygen atoms in total. The van der Waals surface area contributed by atoms with E-state index < -0.39 is 0 Å². The van der Waals surface area contributed by atoms with Crippen molar-refractivity contribution in [3.05, 3.63) is 48.3 Å². The third kappa shape index (κ3) is 6.25. The maximum atomic E-state index is 5.64. The second-order valence-electron chi connectivity index (χ2n) is 6.13. The molecule has 156 valence electrons. The Bertz CT molecular complexity index is 909. The topological polar surface area (TPSA) is 83.6 Å². The van der Waals surface area contributed by atoms with E-state index in [1.807, 2.05) is 56.3 Å². The SMILES string of the molecule is CCNC(=NCCc1nc2ccccc2[nH]1)Nc1ccc(OC)c(OCC)c1.I. The number of ether oxygens (including phenoxy) is 2. The summed E-state index contributed by atoms with van der Waals surface area (Å²) in [5.41, 5.74) is 2.91. The Morgan fingerprint density at radius 2 is 1.97 bits per heavy atom. The number of hydrogen-bond acceptors (Lipinski definition) is 4. The molecule has 3 rings (SSSR count). The number of methoxy groups -OCH3 is 1. The van der Waals surface area contributed by atoms with Gasteiger partial charge in [-0.25, -0.2) is 4.98 Å². The minimum atomic E-state index is 0. The first kappa shape index (κ1) is 22.8. The van der Waals surface area contributed by atoms with Gasteiger partial charge < -0.3 is 25.1 Å². The van der Waals surface area contributed by atoms with Gasteiger partial charge in [0.15, 0.2) is 17.5 Å². The Labute approximate surface area is 188 Å². The van der Waals surface area contributed by atoms with Gasteiger partial charge in [0.25, 0.3) is 0 Å². The quantitative estimate of drug-likeness (QED) is 0.241. The van der Waals surface area contributed by atoms with Crippen LogP contribution in [0.4, 0.5) is 5.69 Å². The van der Waals surface area contributed by atoms with Crippen molar-refractivity contribution < 1.29 is 9.47 Å². The van der Waals surface area contributed by atoms with Crippen LogP contribution in [0, 0.1) is 0 Å². The van der Waals surface area contributed by atoms with Crippen LogP contribution in [0.1, 0.15) is 19.7 Å². The number of guanidine groups is 1. The van der Waals surface area contributed by atoms with Crippen molar-refractivity contribution in [2.45, 2.75) is 20.3 Å². The molecule has 1 heterocycles. The van der Waals surface area contributed by atoms with E-state index in [0.29, 0.717) is 30.6 Å². The number of halogens is 1. The maximum Gasteiger partial charge on any atom is 0.195 e. The average molecular weight is 509 g/mol. The van der Waals surface area contributed by atoms with Gasteiger partial charge in [0, 0.05) is 31.3 Å². The van der Waals surface area contributed by atoms with Crippen LogP contribution >= 0.6 is 24.0 Å². The minimum Gasteiger partial charge on any atom is -0.493 e. The normalized spacial score (nSPS) is 11.1. The van der Waals surface area contributed by atoms with Gasteiger partial charge in [-0.15, -0.1) is 24.0 Å². The van der Waals surface area contributed by atoms with Crippen LogP contribution in [0.5, 0.6) is 11.5 Å². The number of aliphatic imine (C=N–C) groups is 1. The van der Waals surface area contributed by atoms with E-state index in [-0.39, 0.29) is 24.0 Å². The lowest BCUT2D eigenvalue weighted by molar-refractivity contribution is 0.311. The summed E-state index contributed by atoms with van der Waals surface area (Å²) >= 11 is 0. The molecule has 0 aliphatic carbocycles. The third-order valence-corrected chi connectivity index (χ3v) is 4.13. The van der Waals surface area contributed by atoms with E-state index in [4.69, 9.17) is 9.47 Å². The molecule has 0 bridgehead atoms. The van der Waals surface area contributed by atoms with Gasteiger partial charge in [-0.2, -0.15) is 0 Å². The Morgan fingerprint density at radius 3 is 2.69 bits per heavy atom. The second-order valence-corrected chi connectivity index (χ2v) is 6.13. The Balaban J connectivity index is 0.00000300. The molecular formula is C21H28IN5O2. The van der Waals surface area contributed by atoms with Crippen molar-refractivity contribution in [1.82, 2.24) is 15.3 Å². The molecular weight excluding hydrogens is 481 g/mol. The van der Waals surface area contributed by atoms with Crippen molar-refractivity contribution in [2.75, 3.05) is 32.1 Å². The number of benzene rings is 2. The average Bonchev–Trinajstić information content (AvgIpc) is 3.11. The summed E-state index contributed by atoms with van der Waals surface area (Å²) in [6.45, 7) is 5.94. The summed E-state index contributed by atoms with van der Waals surface area (Å²) in [4.78, 5) is 12.6. The molecule has 0 saturated carbocycles. The number of anilines is 1. The Hall–Kier alpha value is -2.49. The van der Waals surface area contributed by atoms with Gasteiger partial charge in [0.05, 0.1) is 24.8 Å². The molecule has 0 fully saturated rings. The molecule has 8 heteroatoms. The zero-order valence-corrected chi connectivity index (χ0v) is 19.3. The highest BCUT2D eigenvalue weighted by Gasteiger charge is 2.07. The number of rotatable bonds is 8. The number of aromatic amines is 1. The van der Waals surface area contributed by atoms with Gasteiger partial charge in [0.1, 0.15) is 5.82 Å². The number of fused-ring (bicyclic) bond motifs is 1. The molecule has 2 aromatic carbocycles. The number of nitrogens with one attached hydrogen (secondary N) is 3. The second kappa shape index (κ2) is 11.5. The summed E-state index contributed by atoms with van der Waals surface area (Å²) < 4.78 is 11.0. The van der Waals surface area contributed by atoms with Crippen LogP contribution in [0.3, 0.4) is 0 Å². The molecule has 0 amide bonds. The van der Waals surface area contributed by atoms with Crippen LogP contribution < -0.4 is 20.1 Å². The fourth-order valence-corrected chi connectivity index (χ4v) is 2.86. The van der Waals surface area contributed by atoms with E-state index >= 15 is 0 Å². The highest BCUT2D eigenvalue weighted by Crippen LogP contribution is 2.30. The van der Waals surface area contributed by atoms with E-state index in [1.165, 1.54) is 0 Å². The van der Waals surface area contributed by atoms with E-state index in [9.17, 15) is 0 Å². The number of aromatic nitrogens is 2. The summed E-state index contributed by atoms with van der Waals surface area (Å²) in [7, 11) is 1.63. The molecule has 0 saturated heterocycles. The lowest BCUT2D eigenvalue weighted by Gasteiger charge is -2.14. The fraction of sp³-hybridized carbons (Fsp3) is 0.333. The van der Waals surface area contributed by atoms with Crippen LogP contribution in [-0.4, -0.2) is 42.7 Å². The number of nitrogens with zero attached hydrogens (tertiary/aromatic N) is 2. The monoisotopic (exact) mass is 509 g/mol. The van der Waals surface area contributed by atoms with Crippen molar-refractivity contribution in [1.29, 1.82) is 0 Å². The minimum absolute atomic E-state index is 0. The standard InChI is InChI=1S/C21H27N5O2.HI/c1-4-22-21(24-15-10-11-18(27-3)19(14-15)28-5-2)23-13-12-20-25-16-8-6-7-9-17(16)26-20;/h6-11,14H,4-5,12-13H2,1-3H3,(H,25,26)(H2,22,23,24);1H. The zero-order chi connectivity index (χ0) is 19.8. The first-order valence-corrected chi connectivity index (χ1v) is 9.53. The lowest BCUT2D eigenvalue weighted by atomic mass is 10.2. The molecule has 0 atom stereocenters. The van der Waals surface area contributed by atoms with E-state index in [2.05, 4.69) is 25.6 Å². The first-order valence-electron chi connectivity index (χ1n) is 9.53. The van der Waals surface area contributed by atoms with Crippen LogP contribution in [0.15, 0.2) is 47.5 Å². The molecule has 3 aromatic rings. The van der Waals surface area contributed by atoms with Crippen molar-refractivity contribution >= 4 is 46.7 Å². The largest absolute Gasteiger partial charge is 0.493 e. The van der Waals surface area contributed by atoms with Gasteiger partial charge in [-0.1, -0.05) is 12.1 Å². The number of imidazole rings is 1. The molecule has 0 aliphatic heterocycles. The lowest BCUT2D eigenvalue weighted by Crippen LogP contribution is -2.31. The molecule has 0 radical (unpaired) electrons. The molecule has 29 heavy (non-hydrogen) atoms. The van der Waals surface area contributed by atoms with Crippen molar-refractivity contribution in [3.8, 4) is 11.5 Å². The van der Waals surface area contributed by atoms with Crippen molar-refractivity contribution in [3.63, 3.8) is 0 Å². The summed E-state index contributed by atoms with van der Waals surface area (Å²) in [6, 6.07) is 13.8. The molecule has 0 spiro atoms. The highest BCUT2D eigenvalue weighted by molar-refractivity contribution is 14.0. The van der Waals surface area contributed by atoms with E-state index in [0.717, 1.165) is 35.5 Å². The molecule has 1 aromatic heterocycles. The fourth-order valence-electron chi connectivity index (χ4n) is 2.86. The molecule has 0 aliphatic rings. The molecule has 3 N–H and O–H groups in total. The van der Waals surface area contributed by atoms with Gasteiger partial charge in [0.2, 0.25) is 0 Å². The summed E-state index contributed by atoms with van der Waals surface area (Å²) in [5, 5.41) is 6.58. The zero-order valence-electron chi connectivity index (χ0n) is 17.0. The number of H-pyrrole nitrogens is 1. The Kier molecular flexibility index (Phi) is 9.04. The number of para-hydroxylation sites is 2. The molecule has 0 unspecified atom stereocenters.